The van der Waals surface area contributed by atoms with Crippen LogP contribution in [0.4, 0.5) is 0 Å². The SMILES string of the molecule is C=S(C)Cc1ccc(C)cc1. The van der Waals surface area contributed by atoms with Gasteiger partial charge in [0, 0.05) is 5.75 Å². The van der Waals surface area contributed by atoms with Crippen LogP contribution in [-0.2, 0) is 5.75 Å². The van der Waals surface area contributed by atoms with Gasteiger partial charge in [-0.1, -0.05) is 35.7 Å². The standard InChI is InChI=1S/C10H14S/c1-9-4-6-10(7-5-9)8-11(2)3/h4-7H,2,8H2,1,3H3. The first kappa shape index (κ1) is 8.54. The first-order valence-electron chi connectivity index (χ1n) is 3.66. The third kappa shape index (κ3) is 2.89. The lowest BCUT2D eigenvalue weighted by Crippen LogP contribution is -1.80. The van der Waals surface area contributed by atoms with Crippen LogP contribution in [0.25, 0.3) is 0 Å². The maximum atomic E-state index is 3.98. The minimum atomic E-state index is 0.277. The summed E-state index contributed by atoms with van der Waals surface area (Å²) in [5.74, 6) is 5.10. The molecule has 0 N–H and O–H groups in total. The molecule has 60 valence electrons. The second kappa shape index (κ2) is 3.72. The molecule has 1 unspecified atom stereocenters. The van der Waals surface area contributed by atoms with Crippen molar-refractivity contribution in [2.24, 2.45) is 0 Å². The van der Waals surface area contributed by atoms with E-state index >= 15 is 0 Å². The largest absolute Gasteiger partial charge is 0.192 e. The maximum absolute atomic E-state index is 3.98. The van der Waals surface area contributed by atoms with Crippen LogP contribution < -0.4 is 0 Å². The van der Waals surface area contributed by atoms with Crippen LogP contribution in [0.5, 0.6) is 0 Å². The number of hydrogen-bond acceptors (Lipinski definition) is 0. The van der Waals surface area contributed by atoms with Crippen LogP contribution >= 0.6 is 10.5 Å². The molecule has 1 aromatic rings. The molecule has 0 saturated carbocycles. The summed E-state index contributed by atoms with van der Waals surface area (Å²) in [5.41, 5.74) is 2.73. The summed E-state index contributed by atoms with van der Waals surface area (Å²) >= 11 is 0. The molecule has 0 aliphatic rings. The third-order valence-electron chi connectivity index (χ3n) is 1.53. The molecule has 0 saturated heterocycles. The van der Waals surface area contributed by atoms with Crippen LogP contribution in [0.2, 0.25) is 0 Å². The van der Waals surface area contributed by atoms with Gasteiger partial charge in [-0.3, -0.25) is 0 Å². The molecule has 0 amide bonds. The smallest absolute Gasteiger partial charge is 0.0126 e. The van der Waals surface area contributed by atoms with Crippen LogP contribution in [0.15, 0.2) is 24.3 Å². The van der Waals surface area contributed by atoms with E-state index < -0.39 is 0 Å². The predicted octanol–water partition coefficient (Wildman–Crippen LogP) is 2.83. The van der Waals surface area contributed by atoms with Crippen molar-refractivity contribution in [3.8, 4) is 0 Å². The fourth-order valence-corrected chi connectivity index (χ4v) is 1.73. The molecule has 1 aromatic carbocycles. The lowest BCUT2D eigenvalue weighted by atomic mass is 10.2. The van der Waals surface area contributed by atoms with Gasteiger partial charge in [0.2, 0.25) is 0 Å². The van der Waals surface area contributed by atoms with Crippen molar-refractivity contribution >= 4 is 16.4 Å². The highest BCUT2D eigenvalue weighted by atomic mass is 32.2. The van der Waals surface area contributed by atoms with Gasteiger partial charge < -0.3 is 0 Å². The molecule has 0 aliphatic carbocycles. The van der Waals surface area contributed by atoms with Crippen LogP contribution in [0.1, 0.15) is 11.1 Å². The Labute approximate surface area is 71.2 Å². The van der Waals surface area contributed by atoms with E-state index in [-0.39, 0.29) is 10.5 Å². The zero-order valence-corrected chi connectivity index (χ0v) is 7.95. The third-order valence-corrected chi connectivity index (χ3v) is 2.36. The molecule has 0 aliphatic heterocycles. The van der Waals surface area contributed by atoms with E-state index in [2.05, 4.69) is 43.3 Å². The van der Waals surface area contributed by atoms with E-state index in [0.717, 1.165) is 5.75 Å². The first-order valence-corrected chi connectivity index (χ1v) is 5.63. The topological polar surface area (TPSA) is 0 Å². The molecule has 1 atom stereocenters. The summed E-state index contributed by atoms with van der Waals surface area (Å²) in [6.45, 7) is 2.11. The van der Waals surface area contributed by atoms with Crippen molar-refractivity contribution in [2.75, 3.05) is 6.26 Å². The first-order chi connectivity index (χ1) is 5.18. The minimum absolute atomic E-state index is 0.277. The van der Waals surface area contributed by atoms with Crippen molar-refractivity contribution in [1.29, 1.82) is 0 Å². The molecule has 1 heteroatoms. The van der Waals surface area contributed by atoms with Gasteiger partial charge in [0.05, 0.1) is 0 Å². The Morgan fingerprint density at radius 3 is 2.27 bits per heavy atom. The zero-order valence-electron chi connectivity index (χ0n) is 7.13. The van der Waals surface area contributed by atoms with Gasteiger partial charge in [-0.15, -0.1) is 0 Å². The second-order valence-corrected chi connectivity index (χ2v) is 4.76. The predicted molar refractivity (Wildman–Crippen MR) is 55.5 cm³/mol. The average Bonchev–Trinajstić information content (AvgIpc) is 1.93. The summed E-state index contributed by atoms with van der Waals surface area (Å²) in [4.78, 5) is 0. The molecule has 0 aromatic heterocycles. The molecule has 11 heavy (non-hydrogen) atoms. The number of rotatable bonds is 2. The van der Waals surface area contributed by atoms with Gasteiger partial charge in [0.1, 0.15) is 0 Å². The molecule has 1 rings (SSSR count). The quantitative estimate of drug-likeness (QED) is 0.593. The summed E-state index contributed by atoms with van der Waals surface area (Å²) in [6, 6.07) is 8.68. The van der Waals surface area contributed by atoms with E-state index in [9.17, 15) is 0 Å². The maximum Gasteiger partial charge on any atom is 0.0126 e. The lowest BCUT2D eigenvalue weighted by molar-refractivity contribution is 1.37. The summed E-state index contributed by atoms with van der Waals surface area (Å²) in [7, 11) is 0.277. The van der Waals surface area contributed by atoms with Gasteiger partial charge in [-0.2, -0.15) is 10.5 Å². The highest BCUT2D eigenvalue weighted by Gasteiger charge is 1.90. The zero-order chi connectivity index (χ0) is 8.27. The number of benzene rings is 1. The Hall–Kier alpha value is -0.560. The number of hydrogen-bond donors (Lipinski definition) is 0. The van der Waals surface area contributed by atoms with Gasteiger partial charge in [-0.05, 0) is 18.7 Å². The average molecular weight is 166 g/mol. The lowest BCUT2D eigenvalue weighted by Gasteiger charge is -2.00. The Morgan fingerprint density at radius 1 is 1.27 bits per heavy atom. The molecule has 0 bridgehead atoms. The van der Waals surface area contributed by atoms with Crippen molar-refractivity contribution in [3.05, 3.63) is 35.4 Å². The van der Waals surface area contributed by atoms with Crippen LogP contribution in [0.3, 0.4) is 0 Å². The Balaban J connectivity index is 2.74. The van der Waals surface area contributed by atoms with E-state index in [4.69, 9.17) is 0 Å². The van der Waals surface area contributed by atoms with Gasteiger partial charge >= 0.3 is 0 Å². The molecule has 0 spiro atoms. The Morgan fingerprint density at radius 2 is 1.82 bits per heavy atom. The van der Waals surface area contributed by atoms with Crippen molar-refractivity contribution < 1.29 is 0 Å². The van der Waals surface area contributed by atoms with E-state index in [1.165, 1.54) is 11.1 Å². The molecule has 0 heterocycles. The van der Waals surface area contributed by atoms with Crippen molar-refractivity contribution in [1.82, 2.24) is 0 Å². The van der Waals surface area contributed by atoms with E-state index in [1.54, 1.807) is 0 Å². The number of aryl methyl sites for hydroxylation is 1. The normalized spacial score (nSPS) is 12.9. The molecular weight excluding hydrogens is 152 g/mol. The van der Waals surface area contributed by atoms with E-state index in [1.807, 2.05) is 0 Å². The van der Waals surface area contributed by atoms with Crippen LogP contribution in [0, 0.1) is 6.92 Å². The molecular formula is C10H14S. The highest BCUT2D eigenvalue weighted by molar-refractivity contribution is 8.12. The monoisotopic (exact) mass is 166 g/mol. The molecule has 0 nitrogen and oxygen atoms in total. The fourth-order valence-electron chi connectivity index (χ4n) is 0.969. The van der Waals surface area contributed by atoms with Gasteiger partial charge in [0.15, 0.2) is 0 Å². The summed E-state index contributed by atoms with van der Waals surface area (Å²) in [5, 5.41) is 0. The van der Waals surface area contributed by atoms with E-state index in [0.29, 0.717) is 0 Å². The Bertz CT molecular complexity index is 246. The van der Waals surface area contributed by atoms with Crippen molar-refractivity contribution in [3.63, 3.8) is 0 Å². The fraction of sp³-hybridized carbons (Fsp3) is 0.300. The second-order valence-electron chi connectivity index (χ2n) is 2.91. The summed E-state index contributed by atoms with van der Waals surface area (Å²) in [6.07, 6.45) is 2.17. The Kier molecular flexibility index (Phi) is 2.89. The minimum Gasteiger partial charge on any atom is -0.192 e. The van der Waals surface area contributed by atoms with Gasteiger partial charge in [0.25, 0.3) is 0 Å². The molecule has 0 radical (unpaired) electrons. The van der Waals surface area contributed by atoms with Crippen LogP contribution in [-0.4, -0.2) is 12.1 Å². The van der Waals surface area contributed by atoms with Crippen molar-refractivity contribution in [2.45, 2.75) is 12.7 Å². The molecule has 0 fully saturated rings. The highest BCUT2D eigenvalue weighted by Crippen LogP contribution is 2.13. The van der Waals surface area contributed by atoms with Gasteiger partial charge in [-0.25, -0.2) is 0 Å². The summed E-state index contributed by atoms with van der Waals surface area (Å²) < 4.78 is 0.